The molecule has 0 aliphatic rings. The average Bonchev–Trinajstić information content (AvgIpc) is 3.12. The van der Waals surface area contributed by atoms with E-state index in [1.165, 1.54) is 14.1 Å². The fraction of sp³-hybridized carbons (Fsp3) is 0.235. The number of benzene rings is 1. The number of anilines is 1. The number of Topliss-reactive ketones (excluding diaryl/α,β-unsaturated/α-hetero) is 1. The number of nitrogen functional groups attached to an aromatic ring is 1. The van der Waals surface area contributed by atoms with Crippen LogP contribution in [0.5, 0.6) is 0 Å². The highest BCUT2D eigenvalue weighted by Crippen LogP contribution is 2.24. The molecule has 0 radical (unpaired) electrons. The van der Waals surface area contributed by atoms with E-state index in [1.54, 1.807) is 0 Å². The van der Waals surface area contributed by atoms with Crippen LogP contribution in [-0.4, -0.2) is 30.9 Å². The molecule has 1 aromatic carbocycles. The molecule has 27 heavy (non-hydrogen) atoms. The number of thioether (sulfide) groups is 1. The molecular weight excluding hydrogens is 370 g/mol. The molecular formula is C17H17N5O4S. The molecule has 3 aromatic rings. The highest BCUT2D eigenvalue weighted by Gasteiger charge is 2.21. The summed E-state index contributed by atoms with van der Waals surface area (Å²) in [6.07, 6.45) is 0. The molecule has 0 atom stereocenters. The van der Waals surface area contributed by atoms with E-state index in [9.17, 15) is 14.4 Å². The van der Waals surface area contributed by atoms with Crippen LogP contribution in [0.1, 0.15) is 15.9 Å². The third kappa shape index (κ3) is 3.56. The minimum absolute atomic E-state index is 0.132. The van der Waals surface area contributed by atoms with E-state index in [2.05, 4.69) is 10.2 Å². The van der Waals surface area contributed by atoms with Gasteiger partial charge in [-0.05, 0) is 19.1 Å². The topological polar surface area (TPSA) is 126 Å². The van der Waals surface area contributed by atoms with Crippen molar-refractivity contribution < 1.29 is 9.21 Å². The molecule has 0 amide bonds. The lowest BCUT2D eigenvalue weighted by Crippen LogP contribution is -2.41. The molecule has 0 aliphatic heterocycles. The van der Waals surface area contributed by atoms with Gasteiger partial charge in [-0.25, -0.2) is 4.79 Å². The van der Waals surface area contributed by atoms with Crippen molar-refractivity contribution >= 4 is 23.4 Å². The Labute approximate surface area is 157 Å². The first-order valence-electron chi connectivity index (χ1n) is 7.91. The number of nitrogens with zero attached hydrogens (tertiary/aromatic N) is 4. The number of nitrogens with two attached hydrogens (primary N) is 1. The summed E-state index contributed by atoms with van der Waals surface area (Å²) in [7, 11) is 2.69. The summed E-state index contributed by atoms with van der Waals surface area (Å²) < 4.78 is 7.46. The first-order chi connectivity index (χ1) is 12.8. The van der Waals surface area contributed by atoms with E-state index in [1.807, 2.05) is 31.2 Å². The summed E-state index contributed by atoms with van der Waals surface area (Å²) >= 11 is 0.995. The van der Waals surface area contributed by atoms with E-state index in [-0.39, 0.29) is 22.4 Å². The summed E-state index contributed by atoms with van der Waals surface area (Å²) in [4.78, 5) is 36.5. The van der Waals surface area contributed by atoms with Crippen molar-refractivity contribution in [2.24, 2.45) is 14.1 Å². The van der Waals surface area contributed by atoms with Gasteiger partial charge in [-0.3, -0.25) is 18.7 Å². The Balaban J connectivity index is 1.80. The zero-order valence-corrected chi connectivity index (χ0v) is 15.7. The molecule has 0 bridgehead atoms. The van der Waals surface area contributed by atoms with Crippen LogP contribution in [-0.2, 0) is 14.1 Å². The largest absolute Gasteiger partial charge is 0.411 e. The Bertz CT molecular complexity index is 1140. The van der Waals surface area contributed by atoms with Gasteiger partial charge in [0.05, 0.1) is 5.75 Å². The number of carbonyl (C=O) groups excluding carboxylic acids is 1. The maximum Gasteiger partial charge on any atom is 0.332 e. The SMILES string of the molecule is Cc1cccc(-c2nnc(SCC(=O)c3c(N)n(C)c(=O)n(C)c3=O)o2)c1. The van der Waals surface area contributed by atoms with Gasteiger partial charge < -0.3 is 10.2 Å². The van der Waals surface area contributed by atoms with E-state index in [4.69, 9.17) is 10.2 Å². The van der Waals surface area contributed by atoms with Gasteiger partial charge in [-0.2, -0.15) is 0 Å². The summed E-state index contributed by atoms with van der Waals surface area (Å²) in [5.74, 6) is -0.484. The molecule has 2 N–H and O–H groups in total. The minimum Gasteiger partial charge on any atom is -0.411 e. The number of hydrogen-bond donors (Lipinski definition) is 1. The van der Waals surface area contributed by atoms with Crippen LogP contribution in [0, 0.1) is 6.92 Å². The maximum absolute atomic E-state index is 12.5. The van der Waals surface area contributed by atoms with Crippen molar-refractivity contribution in [3.63, 3.8) is 0 Å². The molecule has 9 nitrogen and oxygen atoms in total. The van der Waals surface area contributed by atoms with Crippen LogP contribution in [0.25, 0.3) is 11.5 Å². The molecule has 2 aromatic heterocycles. The van der Waals surface area contributed by atoms with Crippen LogP contribution >= 0.6 is 11.8 Å². The first-order valence-corrected chi connectivity index (χ1v) is 8.90. The fourth-order valence-electron chi connectivity index (χ4n) is 2.48. The summed E-state index contributed by atoms with van der Waals surface area (Å²) in [5, 5.41) is 8.07. The molecule has 2 heterocycles. The lowest BCUT2D eigenvalue weighted by atomic mass is 10.1. The summed E-state index contributed by atoms with van der Waals surface area (Å²) in [5.41, 5.74) is 6.06. The van der Waals surface area contributed by atoms with Crippen molar-refractivity contribution in [1.29, 1.82) is 0 Å². The molecule has 0 fully saturated rings. The second-order valence-corrected chi connectivity index (χ2v) is 6.85. The Kier molecular flexibility index (Phi) is 5.00. The Morgan fingerprint density at radius 2 is 1.96 bits per heavy atom. The van der Waals surface area contributed by atoms with E-state index < -0.39 is 17.0 Å². The van der Waals surface area contributed by atoms with Crippen LogP contribution in [0.15, 0.2) is 43.5 Å². The van der Waals surface area contributed by atoms with Crippen LogP contribution in [0.3, 0.4) is 0 Å². The van der Waals surface area contributed by atoms with Crippen LogP contribution < -0.4 is 17.0 Å². The Morgan fingerprint density at radius 3 is 2.67 bits per heavy atom. The third-order valence-corrected chi connectivity index (χ3v) is 4.81. The van der Waals surface area contributed by atoms with E-state index >= 15 is 0 Å². The van der Waals surface area contributed by atoms with Gasteiger partial charge in [0, 0.05) is 19.7 Å². The maximum atomic E-state index is 12.5. The van der Waals surface area contributed by atoms with Crippen molar-refractivity contribution in [2.75, 3.05) is 11.5 Å². The highest BCUT2D eigenvalue weighted by molar-refractivity contribution is 7.99. The fourth-order valence-corrected chi connectivity index (χ4v) is 3.12. The predicted molar refractivity (Wildman–Crippen MR) is 101 cm³/mol. The van der Waals surface area contributed by atoms with Gasteiger partial charge >= 0.3 is 5.69 Å². The van der Waals surface area contributed by atoms with E-state index in [0.29, 0.717) is 5.89 Å². The lowest BCUT2D eigenvalue weighted by molar-refractivity contribution is 0.102. The minimum atomic E-state index is -0.729. The smallest absolute Gasteiger partial charge is 0.332 e. The van der Waals surface area contributed by atoms with E-state index in [0.717, 1.165) is 32.0 Å². The predicted octanol–water partition coefficient (Wildman–Crippen LogP) is 1.000. The normalized spacial score (nSPS) is 10.9. The molecule has 0 spiro atoms. The van der Waals surface area contributed by atoms with Gasteiger partial charge in [0.1, 0.15) is 11.4 Å². The van der Waals surface area contributed by atoms with Crippen molar-refractivity contribution in [1.82, 2.24) is 19.3 Å². The third-order valence-electron chi connectivity index (χ3n) is 3.99. The number of aromatic nitrogens is 4. The Hall–Kier alpha value is -3.14. The van der Waals surface area contributed by atoms with Crippen molar-refractivity contribution in [3.8, 4) is 11.5 Å². The van der Waals surface area contributed by atoms with Crippen molar-refractivity contribution in [3.05, 3.63) is 56.2 Å². The van der Waals surface area contributed by atoms with Crippen LogP contribution in [0.4, 0.5) is 5.82 Å². The van der Waals surface area contributed by atoms with Gasteiger partial charge in [0.15, 0.2) is 5.78 Å². The number of aryl methyl sites for hydroxylation is 1. The second-order valence-electron chi connectivity index (χ2n) is 5.92. The van der Waals surface area contributed by atoms with Gasteiger partial charge in [0.25, 0.3) is 10.8 Å². The Morgan fingerprint density at radius 1 is 1.22 bits per heavy atom. The zero-order valence-electron chi connectivity index (χ0n) is 14.9. The number of carbonyl (C=O) groups is 1. The number of ketones is 1. The van der Waals surface area contributed by atoms with Crippen molar-refractivity contribution in [2.45, 2.75) is 12.1 Å². The molecule has 0 saturated carbocycles. The molecule has 10 heteroatoms. The highest BCUT2D eigenvalue weighted by atomic mass is 32.2. The second kappa shape index (κ2) is 7.23. The first kappa shape index (κ1) is 18.6. The van der Waals surface area contributed by atoms with Crippen LogP contribution in [0.2, 0.25) is 0 Å². The molecule has 0 aliphatic carbocycles. The number of hydrogen-bond acceptors (Lipinski definition) is 8. The molecule has 0 unspecified atom stereocenters. The average molecular weight is 387 g/mol. The van der Waals surface area contributed by atoms with Gasteiger partial charge in [0.2, 0.25) is 5.89 Å². The van der Waals surface area contributed by atoms with Gasteiger partial charge in [-0.1, -0.05) is 29.5 Å². The monoisotopic (exact) mass is 387 g/mol. The standard InChI is InChI=1S/C17H17N5O4S/c1-9-5-4-6-10(7-9)14-19-20-16(26-14)27-8-11(23)12-13(18)21(2)17(25)22(3)15(12)24/h4-7H,8,18H2,1-3H3. The molecule has 3 rings (SSSR count). The summed E-state index contributed by atoms with van der Waals surface area (Å²) in [6.45, 7) is 1.95. The molecule has 140 valence electrons. The molecule has 0 saturated heterocycles. The number of rotatable bonds is 5. The quantitative estimate of drug-likeness (QED) is 0.507. The zero-order chi connectivity index (χ0) is 19.7. The summed E-state index contributed by atoms with van der Waals surface area (Å²) in [6, 6.07) is 7.58. The lowest BCUT2D eigenvalue weighted by Gasteiger charge is -2.10. The van der Waals surface area contributed by atoms with Gasteiger partial charge in [-0.15, -0.1) is 10.2 Å².